The zero-order valence-corrected chi connectivity index (χ0v) is 32.1. The first-order valence-electron chi connectivity index (χ1n) is 18.7. The lowest BCUT2D eigenvalue weighted by molar-refractivity contribution is -0.142. The first-order valence-corrected chi connectivity index (χ1v) is 19.5. The summed E-state index contributed by atoms with van der Waals surface area (Å²) < 4.78 is 14.2. The molecule has 2 aliphatic rings. The number of carbonyl (C=O) groups excluding carboxylic acids is 1. The van der Waals surface area contributed by atoms with Gasteiger partial charge in [-0.2, -0.15) is 0 Å². The molecule has 1 amide bonds. The van der Waals surface area contributed by atoms with E-state index in [9.17, 15) is 14.7 Å². The number of methoxy groups -OCH3 is 2. The van der Waals surface area contributed by atoms with Crippen LogP contribution in [-0.4, -0.2) is 90.9 Å². The molecule has 2 aliphatic heterocycles. The normalized spacial score (nSPS) is 18.7. The summed E-state index contributed by atoms with van der Waals surface area (Å²) in [7, 11) is 3.16. The van der Waals surface area contributed by atoms with Crippen molar-refractivity contribution in [2.24, 2.45) is 5.92 Å². The smallest absolute Gasteiger partial charge is 0.262 e. The lowest BCUT2D eigenvalue weighted by atomic mass is 9.79. The van der Waals surface area contributed by atoms with Crippen LogP contribution in [0, 0.1) is 12.8 Å². The maximum absolute atomic E-state index is 14.3. The second kappa shape index (κ2) is 15.4. The van der Waals surface area contributed by atoms with Crippen molar-refractivity contribution in [2.75, 3.05) is 40.4 Å². The number of amides is 1. The Hall–Kier alpha value is -5.37. The molecule has 4 aromatic heterocycles. The number of nitrogens with zero attached hydrogens (tertiary/aromatic N) is 7. The van der Waals surface area contributed by atoms with E-state index in [1.807, 2.05) is 71.2 Å². The van der Waals surface area contributed by atoms with Crippen molar-refractivity contribution in [3.63, 3.8) is 0 Å². The highest BCUT2D eigenvalue weighted by atomic mass is 32.1. The van der Waals surface area contributed by atoms with E-state index < -0.39 is 5.60 Å². The van der Waals surface area contributed by atoms with Crippen LogP contribution in [0.2, 0.25) is 0 Å². The molecule has 2 atom stereocenters. The fraction of sp³-hybridized carbons (Fsp3) is 0.357. The summed E-state index contributed by atoms with van der Waals surface area (Å²) in [5.41, 5.74) is 3.08. The molecule has 0 aliphatic carbocycles. The summed E-state index contributed by atoms with van der Waals surface area (Å²) in [6, 6.07) is 21.7. The number of pyridine rings is 1. The molecule has 0 bridgehead atoms. The fourth-order valence-electron chi connectivity index (χ4n) is 8.03. The summed E-state index contributed by atoms with van der Waals surface area (Å²) in [5, 5.41) is 13.2. The molecule has 12 nitrogen and oxygen atoms in total. The molecular weight excluding hydrogens is 715 g/mol. The summed E-state index contributed by atoms with van der Waals surface area (Å²) >= 11 is 1.69. The number of rotatable bonds is 10. The molecule has 2 saturated heterocycles. The predicted octanol–water partition coefficient (Wildman–Crippen LogP) is 5.69. The molecule has 55 heavy (non-hydrogen) atoms. The van der Waals surface area contributed by atoms with Gasteiger partial charge in [0.05, 0.1) is 37.4 Å². The van der Waals surface area contributed by atoms with Crippen LogP contribution in [0.15, 0.2) is 96.4 Å². The molecule has 0 radical (unpaired) electrons. The van der Waals surface area contributed by atoms with Gasteiger partial charge in [0.1, 0.15) is 11.3 Å². The molecule has 2 aromatic carbocycles. The molecule has 6 aromatic rings. The van der Waals surface area contributed by atoms with Crippen molar-refractivity contribution in [1.82, 2.24) is 33.9 Å². The van der Waals surface area contributed by atoms with E-state index in [0.717, 1.165) is 53.6 Å². The highest BCUT2D eigenvalue weighted by molar-refractivity contribution is 7.15. The number of aliphatic hydroxyl groups is 1. The van der Waals surface area contributed by atoms with E-state index in [1.165, 1.54) is 15.8 Å². The summed E-state index contributed by atoms with van der Waals surface area (Å²) in [6.45, 7) is 5.28. The number of likely N-dealkylation sites (tertiary alicyclic amines) is 2. The molecule has 8 rings (SSSR count). The van der Waals surface area contributed by atoms with Gasteiger partial charge in [-0.15, -0.1) is 11.3 Å². The quantitative estimate of drug-likeness (QED) is 0.187. The summed E-state index contributed by atoms with van der Waals surface area (Å²) in [4.78, 5) is 47.2. The average molecular weight is 760 g/mol. The van der Waals surface area contributed by atoms with Crippen LogP contribution >= 0.6 is 11.3 Å². The summed E-state index contributed by atoms with van der Waals surface area (Å²) in [5.74, 6) is 1.19. The maximum Gasteiger partial charge on any atom is 0.262 e. The average Bonchev–Trinajstić information content (AvgIpc) is 3.87. The van der Waals surface area contributed by atoms with Crippen molar-refractivity contribution >= 4 is 28.3 Å². The number of carbonyl (C=O) groups is 1. The monoisotopic (exact) mass is 759 g/mol. The zero-order chi connectivity index (χ0) is 38.1. The summed E-state index contributed by atoms with van der Waals surface area (Å²) in [6.07, 6.45) is 8.63. The molecule has 1 N–H and O–H groups in total. The molecule has 6 heterocycles. The van der Waals surface area contributed by atoms with Crippen molar-refractivity contribution in [3.8, 4) is 27.8 Å². The van der Waals surface area contributed by atoms with E-state index in [0.29, 0.717) is 48.5 Å². The highest BCUT2D eigenvalue weighted by Gasteiger charge is 2.41. The highest BCUT2D eigenvalue weighted by Crippen LogP contribution is 2.37. The third-order valence-electron chi connectivity index (χ3n) is 11.1. The molecule has 284 valence electrons. The number of ether oxygens (including phenoxy) is 2. The standard InChI is InChI=1S/C42H45N7O5S/c1-28-9-10-30(22-43-28)39-44-23-32(55-39)24-46-17-13-33(35(25-46)29-7-5-4-6-8-29)40(50)47-19-15-42(52,16-20-47)26-48-27-45-38-34(41(48)51)14-18-49(38)31-11-12-36(53-2)37(21-31)54-3/h4-12,14,18,21-23,27,33,35,52H,13,15-17,19-20,24-26H2,1-3H3/t33-,35+/m1/s1. The van der Waals surface area contributed by atoms with Gasteiger partial charge in [0.2, 0.25) is 5.91 Å². The lowest BCUT2D eigenvalue weighted by Crippen LogP contribution is -2.53. The predicted molar refractivity (Wildman–Crippen MR) is 212 cm³/mol. The van der Waals surface area contributed by atoms with Crippen molar-refractivity contribution < 1.29 is 19.4 Å². The fourth-order valence-corrected chi connectivity index (χ4v) is 8.97. The Morgan fingerprint density at radius 3 is 2.49 bits per heavy atom. The Bertz CT molecular complexity index is 2350. The number of piperidine rings is 2. The second-order valence-corrected chi connectivity index (χ2v) is 15.8. The van der Waals surface area contributed by atoms with Gasteiger partial charge in [-0.25, -0.2) is 9.97 Å². The Labute approximate surface area is 323 Å². The molecule has 0 unspecified atom stereocenters. The first kappa shape index (κ1) is 36.6. The molecule has 0 saturated carbocycles. The SMILES string of the molecule is COc1ccc(-n2ccc3c(=O)n(CC4(O)CCN(C(=O)[C@@H]5CCN(Cc6cnc(-c7ccc(C)nc7)s6)C[C@H]5c5ccccc5)CC4)cnc32)cc1OC. The number of thiazole rings is 1. The van der Waals surface area contributed by atoms with Crippen LogP contribution in [0.5, 0.6) is 11.5 Å². The van der Waals surface area contributed by atoms with Crippen LogP contribution in [0.25, 0.3) is 27.3 Å². The number of hydrogen-bond acceptors (Lipinski definition) is 10. The van der Waals surface area contributed by atoms with E-state index in [2.05, 4.69) is 38.1 Å². The van der Waals surface area contributed by atoms with Crippen LogP contribution in [-0.2, 0) is 17.9 Å². The zero-order valence-electron chi connectivity index (χ0n) is 31.3. The first-order chi connectivity index (χ1) is 26.7. The molecular formula is C42H45N7O5S. The number of aryl methyl sites for hydroxylation is 1. The molecule has 0 spiro atoms. The van der Waals surface area contributed by atoms with Crippen molar-refractivity contribution in [1.29, 1.82) is 0 Å². The van der Waals surface area contributed by atoms with Crippen molar-refractivity contribution in [2.45, 2.75) is 50.8 Å². The largest absolute Gasteiger partial charge is 0.493 e. The lowest BCUT2D eigenvalue weighted by Gasteiger charge is -2.43. The van der Waals surface area contributed by atoms with E-state index in [1.54, 1.807) is 37.8 Å². The van der Waals surface area contributed by atoms with Gasteiger partial charge >= 0.3 is 0 Å². The molecule has 2 fully saturated rings. The minimum atomic E-state index is -1.15. The van der Waals surface area contributed by atoms with Gasteiger partial charge in [0, 0.05) is 78.8 Å². The van der Waals surface area contributed by atoms with Gasteiger partial charge in [-0.05, 0) is 68.6 Å². The minimum absolute atomic E-state index is 0.0413. The van der Waals surface area contributed by atoms with Crippen LogP contribution in [0.1, 0.15) is 41.3 Å². The number of benzene rings is 2. The van der Waals surface area contributed by atoms with Gasteiger partial charge < -0.3 is 24.0 Å². The Morgan fingerprint density at radius 1 is 0.945 bits per heavy atom. The Morgan fingerprint density at radius 2 is 1.75 bits per heavy atom. The molecule has 13 heteroatoms. The topological polar surface area (TPSA) is 128 Å². The number of hydrogen-bond donors (Lipinski definition) is 1. The number of aromatic nitrogens is 5. The maximum atomic E-state index is 14.3. The van der Waals surface area contributed by atoms with E-state index in [4.69, 9.17) is 9.47 Å². The number of fused-ring (bicyclic) bond motifs is 1. The van der Waals surface area contributed by atoms with Gasteiger partial charge in [0.25, 0.3) is 5.56 Å². The van der Waals surface area contributed by atoms with Gasteiger partial charge in [-0.1, -0.05) is 30.3 Å². The minimum Gasteiger partial charge on any atom is -0.493 e. The van der Waals surface area contributed by atoms with Gasteiger partial charge in [0.15, 0.2) is 17.1 Å². The van der Waals surface area contributed by atoms with E-state index >= 15 is 0 Å². The third-order valence-corrected chi connectivity index (χ3v) is 12.2. The Kier molecular flexibility index (Phi) is 10.2. The van der Waals surface area contributed by atoms with Gasteiger partial charge in [-0.3, -0.25) is 24.0 Å². The van der Waals surface area contributed by atoms with Crippen LogP contribution in [0.4, 0.5) is 0 Å². The van der Waals surface area contributed by atoms with Crippen LogP contribution in [0.3, 0.4) is 0 Å². The van der Waals surface area contributed by atoms with Crippen LogP contribution < -0.4 is 15.0 Å². The van der Waals surface area contributed by atoms with Crippen molar-refractivity contribution in [3.05, 3.63) is 118 Å². The second-order valence-electron chi connectivity index (χ2n) is 14.7. The van der Waals surface area contributed by atoms with E-state index in [-0.39, 0.29) is 29.8 Å². The third kappa shape index (κ3) is 7.51. The Balaban J connectivity index is 0.927.